The molecular formula is C48H51N4Na3O18S5. The number of hydrogen-bond donors (Lipinski definition) is 0. The Morgan fingerprint density at radius 3 is 2.05 bits per heavy atom. The molecule has 0 radical (unpaired) electrons. The van der Waals surface area contributed by atoms with Crippen LogP contribution in [-0.4, -0.2) is 123 Å². The van der Waals surface area contributed by atoms with Crippen LogP contribution in [0.4, 0.5) is 11.4 Å². The van der Waals surface area contributed by atoms with Gasteiger partial charge in [-0.3, -0.25) is 14.6 Å². The molecule has 3 aliphatic heterocycles. The molecule has 78 heavy (non-hydrogen) atoms. The van der Waals surface area contributed by atoms with Crippen LogP contribution >= 0.6 is 12.0 Å². The van der Waals surface area contributed by atoms with Crippen LogP contribution in [0.2, 0.25) is 0 Å². The maximum atomic E-state index is 14.2. The fraction of sp³-hybridized carbons (Fsp3) is 0.375. The maximum Gasteiger partial charge on any atom is 1.00 e. The minimum Gasteiger partial charge on any atom is -0.748 e. The Kier molecular flexibility index (Phi) is 23.4. The van der Waals surface area contributed by atoms with Crippen molar-refractivity contribution < 1.29 is 174 Å². The number of amides is 2. The van der Waals surface area contributed by atoms with E-state index in [0.29, 0.717) is 62.2 Å². The Morgan fingerprint density at radius 2 is 1.42 bits per heavy atom. The Morgan fingerprint density at radius 1 is 0.769 bits per heavy atom. The van der Waals surface area contributed by atoms with E-state index >= 15 is 0 Å². The molecule has 0 saturated carbocycles. The Labute approximate surface area is 523 Å². The number of hydroxylamine groups is 2. The number of sulfonamides is 1. The van der Waals surface area contributed by atoms with Gasteiger partial charge in [-0.15, -0.1) is 5.06 Å². The first-order valence-electron chi connectivity index (χ1n) is 23.1. The summed E-state index contributed by atoms with van der Waals surface area (Å²) in [5, 5.41) is 15.2. The largest absolute Gasteiger partial charge is 1.00 e. The van der Waals surface area contributed by atoms with Crippen molar-refractivity contribution in [1.82, 2.24) is 9.37 Å². The van der Waals surface area contributed by atoms with Crippen LogP contribution in [0, 0.1) is 0 Å². The second kappa shape index (κ2) is 26.9. The molecule has 0 aliphatic carbocycles. The van der Waals surface area contributed by atoms with E-state index in [4.69, 9.17) is 4.84 Å². The quantitative estimate of drug-likeness (QED) is 0.00820. The number of carbonyl (C=O) groups is 3. The summed E-state index contributed by atoms with van der Waals surface area (Å²) >= 11 is 0.763. The van der Waals surface area contributed by atoms with Gasteiger partial charge < -0.3 is 28.7 Å². The van der Waals surface area contributed by atoms with Crippen LogP contribution in [0.25, 0.3) is 21.5 Å². The van der Waals surface area contributed by atoms with Crippen molar-refractivity contribution in [3.05, 3.63) is 102 Å². The van der Waals surface area contributed by atoms with Gasteiger partial charge >= 0.3 is 94.6 Å². The van der Waals surface area contributed by atoms with Gasteiger partial charge in [-0.05, 0) is 79.4 Å². The normalized spacial score (nSPS) is 16.9. The predicted octanol–water partition coefficient (Wildman–Crippen LogP) is -4.81. The number of allylic oxidation sites excluding steroid dienone is 6. The molecule has 4 aromatic carbocycles. The van der Waals surface area contributed by atoms with E-state index in [1.165, 1.54) is 19.2 Å². The van der Waals surface area contributed by atoms with Crippen molar-refractivity contribution in [3.8, 4) is 0 Å². The molecule has 0 bridgehead atoms. The molecule has 0 atom stereocenters. The molecule has 3 aliphatic rings. The molecule has 3 heterocycles. The van der Waals surface area contributed by atoms with Crippen molar-refractivity contribution in [2.75, 3.05) is 43.1 Å². The minimum absolute atomic E-state index is 0. The first-order chi connectivity index (χ1) is 35.0. The average molecular weight is 1200 g/mol. The number of carbonyl (C=O) groups excluding carboxylic acids is 3. The molecule has 0 spiro atoms. The molecule has 22 nitrogen and oxygen atoms in total. The zero-order valence-corrected chi connectivity index (χ0v) is 54.1. The van der Waals surface area contributed by atoms with Gasteiger partial charge in [0.05, 0.1) is 30.2 Å². The summed E-state index contributed by atoms with van der Waals surface area (Å²) in [5.41, 5.74) is 1.68. The van der Waals surface area contributed by atoms with Gasteiger partial charge in [0.2, 0.25) is 15.7 Å². The van der Waals surface area contributed by atoms with E-state index in [1.807, 2.05) is 23.3 Å². The molecule has 0 unspecified atom stereocenters. The van der Waals surface area contributed by atoms with E-state index in [9.17, 15) is 67.0 Å². The third kappa shape index (κ3) is 14.7. The monoisotopic (exact) mass is 1200 g/mol. The molecular weight excluding hydrogens is 1150 g/mol. The van der Waals surface area contributed by atoms with E-state index in [0.717, 1.165) is 22.4 Å². The third-order valence-corrected chi connectivity index (χ3v) is 18.2. The maximum absolute atomic E-state index is 14.2. The number of anilines is 1. The van der Waals surface area contributed by atoms with Crippen molar-refractivity contribution in [3.63, 3.8) is 0 Å². The fourth-order valence-electron chi connectivity index (χ4n) is 9.92. The second-order valence-electron chi connectivity index (χ2n) is 18.8. The second-order valence-corrected chi connectivity index (χ2v) is 25.9. The van der Waals surface area contributed by atoms with Gasteiger partial charge in [-0.1, -0.05) is 50.3 Å². The molecule has 0 aromatic heterocycles. The van der Waals surface area contributed by atoms with Crippen molar-refractivity contribution in [2.45, 2.75) is 91.7 Å². The van der Waals surface area contributed by atoms with Crippen LogP contribution in [0.15, 0.2) is 105 Å². The van der Waals surface area contributed by atoms with Crippen LogP contribution in [0.3, 0.4) is 0 Å². The topological polar surface area (TPSA) is 320 Å². The van der Waals surface area contributed by atoms with Crippen molar-refractivity contribution >= 4 is 109 Å². The summed E-state index contributed by atoms with van der Waals surface area (Å²) in [6, 6.07) is 12.7. The Bertz CT molecular complexity index is 3590. The molecule has 7 rings (SSSR count). The van der Waals surface area contributed by atoms with Crippen LogP contribution in [-0.2, 0) is 79.8 Å². The Balaban J connectivity index is 0.00000437. The van der Waals surface area contributed by atoms with E-state index in [-0.39, 0.29) is 162 Å². The SMILES string of the molecule is CN(CCCC(=O)ON1C(=O)CCC1=O)S(=O)(=O)c1cccc2c3c(ccc12)N(CCCS(=O)(=O)[O-])C(=CC=CC=CC1=[N+](CCCSOO[O-])c2ccc4c(S(=O)(=O)[O-])cc(S(=O)(=O)[O-])cc4c2C1(C)C)C3(C)C.[Na+].[Na+].[Na+]. The Hall–Kier alpha value is -2.43. The minimum atomic E-state index is -5.27. The first-order valence-corrected chi connectivity index (χ1v) is 29.9. The molecule has 2 amide bonds. The van der Waals surface area contributed by atoms with E-state index < -0.39 is 84.5 Å². The van der Waals surface area contributed by atoms with E-state index in [2.05, 4.69) is 9.37 Å². The number of benzene rings is 4. The molecule has 1 saturated heterocycles. The van der Waals surface area contributed by atoms with Gasteiger partial charge in [0.15, 0.2) is 5.71 Å². The number of hydrogen-bond acceptors (Lipinski definition) is 20. The van der Waals surface area contributed by atoms with Gasteiger partial charge in [-0.2, -0.15) is 8.91 Å². The summed E-state index contributed by atoms with van der Waals surface area (Å²) in [6.45, 7) is 7.68. The smallest absolute Gasteiger partial charge is 0.748 e. The van der Waals surface area contributed by atoms with E-state index in [1.54, 1.807) is 74.6 Å². The van der Waals surface area contributed by atoms with Crippen LogP contribution in [0.5, 0.6) is 0 Å². The standard InChI is InChI=1S/C48H54N4O18S5.3Na/c1-47(2)40(15-7-6-8-16-41-48(3,4)46-35-29-31(74(62,63)64)30-39(75(65,66)67)33(35)19-21-37(46)50(41)25-11-27-71-70-69-56)51(26-12-28-72(57,58)59)36-20-18-32-34(45(36)47)13-9-14-38(32)73(60,61)49(5)24-10-17-44(55)68-52-42(53)22-23-43(52)54;;;/h6-9,13-16,18-21,29-30H,10-12,17,22-28H2,1-5H3,(H3-,56,57,58,59,62,63,64,65,66,67);;;/q;3*+1/p-3. The van der Waals surface area contributed by atoms with Gasteiger partial charge in [-0.25, -0.2) is 42.8 Å². The third-order valence-electron chi connectivity index (χ3n) is 13.2. The molecule has 1 fully saturated rings. The zero-order chi connectivity index (χ0) is 55.1. The fourth-order valence-corrected chi connectivity index (χ4v) is 13.5. The molecule has 404 valence electrons. The summed E-state index contributed by atoms with van der Waals surface area (Å²) in [6.07, 6.45) is 8.65. The molecule has 0 N–H and O–H groups in total. The van der Waals surface area contributed by atoms with Crippen molar-refractivity contribution in [1.29, 1.82) is 0 Å². The van der Waals surface area contributed by atoms with Gasteiger partial charge in [0.1, 0.15) is 26.8 Å². The molecule has 30 heteroatoms. The van der Waals surface area contributed by atoms with Gasteiger partial charge in [0.25, 0.3) is 11.8 Å². The van der Waals surface area contributed by atoms with Crippen LogP contribution in [0.1, 0.15) is 77.3 Å². The average Bonchev–Trinajstić information content (AvgIpc) is 3.84. The van der Waals surface area contributed by atoms with Gasteiger partial charge in [0, 0.05) is 115 Å². The summed E-state index contributed by atoms with van der Waals surface area (Å²) in [4.78, 5) is 41.1. The number of imide groups is 1. The summed E-state index contributed by atoms with van der Waals surface area (Å²) < 4.78 is 145. The summed E-state index contributed by atoms with van der Waals surface area (Å²) in [7, 11) is -17.9. The number of nitrogens with zero attached hydrogens (tertiary/aromatic N) is 4. The van der Waals surface area contributed by atoms with Crippen molar-refractivity contribution in [2.24, 2.45) is 0 Å². The number of rotatable bonds is 22. The first kappa shape index (κ1) is 68.1. The molecule has 4 aromatic rings. The summed E-state index contributed by atoms with van der Waals surface area (Å²) in [5.74, 6) is -2.51. The predicted molar refractivity (Wildman–Crippen MR) is 268 cm³/mol. The van der Waals surface area contributed by atoms with Crippen LogP contribution < -0.4 is 98.8 Å². The zero-order valence-electron chi connectivity index (χ0n) is 44.0. The number of fused-ring (bicyclic) bond motifs is 6.